The fourth-order valence-electron chi connectivity index (χ4n) is 2.67. The lowest BCUT2D eigenvalue weighted by molar-refractivity contribution is -0.0512. The maximum Gasteiger partial charge on any atom is 0.387 e. The van der Waals surface area contributed by atoms with Gasteiger partial charge in [0.15, 0.2) is 11.5 Å². The first-order chi connectivity index (χ1) is 12.6. The molecule has 1 aliphatic carbocycles. The van der Waals surface area contributed by atoms with Crippen LogP contribution in [0.15, 0.2) is 48.5 Å². The highest BCUT2D eigenvalue weighted by molar-refractivity contribution is 5.89. The van der Waals surface area contributed by atoms with Crippen molar-refractivity contribution in [3.63, 3.8) is 0 Å². The number of benzene rings is 2. The highest BCUT2D eigenvalue weighted by Crippen LogP contribution is 2.33. The van der Waals surface area contributed by atoms with Crippen LogP contribution in [0.2, 0.25) is 0 Å². The molecule has 0 spiro atoms. The van der Waals surface area contributed by atoms with Crippen molar-refractivity contribution in [2.45, 2.75) is 32.0 Å². The van der Waals surface area contributed by atoms with Gasteiger partial charge in [0.1, 0.15) is 0 Å². The molecular weight excluding hydrogens is 342 g/mol. The quantitative estimate of drug-likeness (QED) is 0.789. The first-order valence-electron chi connectivity index (χ1n) is 8.31. The molecule has 1 aliphatic rings. The summed E-state index contributed by atoms with van der Waals surface area (Å²) in [7, 11) is 1.39. The Bertz CT molecular complexity index is 752. The molecule has 1 saturated carbocycles. The van der Waals surface area contributed by atoms with Crippen LogP contribution in [0.5, 0.6) is 11.5 Å². The van der Waals surface area contributed by atoms with E-state index in [-0.39, 0.29) is 23.6 Å². The number of ether oxygens (including phenoxy) is 2. The molecule has 0 heterocycles. The van der Waals surface area contributed by atoms with Crippen LogP contribution < -0.4 is 14.8 Å². The number of para-hydroxylation sites is 1. The Labute approximate surface area is 150 Å². The topological polar surface area (TPSA) is 50.8 Å². The number of nitrogens with zero attached hydrogens (tertiary/aromatic N) is 1. The molecular formula is C19H20F2N2O3. The Morgan fingerprint density at radius 3 is 2.54 bits per heavy atom. The third-order valence-corrected chi connectivity index (χ3v) is 4.07. The molecule has 0 unspecified atom stereocenters. The Kier molecular flexibility index (Phi) is 5.55. The van der Waals surface area contributed by atoms with E-state index in [0.29, 0.717) is 6.54 Å². The number of amides is 2. The summed E-state index contributed by atoms with van der Waals surface area (Å²) in [6.45, 7) is -2.57. The van der Waals surface area contributed by atoms with Gasteiger partial charge in [-0.05, 0) is 42.7 Å². The largest absolute Gasteiger partial charge is 0.493 e. The van der Waals surface area contributed by atoms with E-state index in [4.69, 9.17) is 4.74 Å². The van der Waals surface area contributed by atoms with Gasteiger partial charge in [0, 0.05) is 18.3 Å². The van der Waals surface area contributed by atoms with Crippen LogP contribution in [0.4, 0.5) is 19.3 Å². The zero-order chi connectivity index (χ0) is 18.5. The Morgan fingerprint density at radius 2 is 1.92 bits per heavy atom. The molecule has 2 aromatic rings. The second-order valence-corrected chi connectivity index (χ2v) is 6.02. The minimum Gasteiger partial charge on any atom is -0.493 e. The van der Waals surface area contributed by atoms with Gasteiger partial charge in [-0.15, -0.1) is 0 Å². The van der Waals surface area contributed by atoms with Gasteiger partial charge in [0.2, 0.25) is 0 Å². The van der Waals surface area contributed by atoms with Gasteiger partial charge < -0.3 is 19.7 Å². The molecule has 1 fully saturated rings. The van der Waals surface area contributed by atoms with Gasteiger partial charge in [0.25, 0.3) is 0 Å². The summed E-state index contributed by atoms with van der Waals surface area (Å²) in [4.78, 5) is 14.4. The van der Waals surface area contributed by atoms with Gasteiger partial charge >= 0.3 is 12.6 Å². The van der Waals surface area contributed by atoms with Crippen molar-refractivity contribution in [3.05, 3.63) is 54.1 Å². The van der Waals surface area contributed by atoms with E-state index in [2.05, 4.69) is 10.1 Å². The predicted molar refractivity (Wildman–Crippen MR) is 93.7 cm³/mol. The average molecular weight is 362 g/mol. The van der Waals surface area contributed by atoms with Crippen molar-refractivity contribution in [1.82, 2.24) is 4.90 Å². The highest BCUT2D eigenvalue weighted by Gasteiger charge is 2.32. The zero-order valence-corrected chi connectivity index (χ0v) is 14.3. The fourth-order valence-corrected chi connectivity index (χ4v) is 2.67. The molecule has 0 saturated heterocycles. The second-order valence-electron chi connectivity index (χ2n) is 6.02. The Morgan fingerprint density at radius 1 is 1.19 bits per heavy atom. The number of hydrogen-bond donors (Lipinski definition) is 1. The van der Waals surface area contributed by atoms with E-state index in [9.17, 15) is 13.6 Å². The van der Waals surface area contributed by atoms with Crippen LogP contribution >= 0.6 is 0 Å². The van der Waals surface area contributed by atoms with Gasteiger partial charge in [-0.3, -0.25) is 0 Å². The smallest absolute Gasteiger partial charge is 0.387 e. The summed E-state index contributed by atoms with van der Waals surface area (Å²) in [6.07, 6.45) is 1.90. The number of alkyl halides is 2. The lowest BCUT2D eigenvalue weighted by Gasteiger charge is -2.23. The van der Waals surface area contributed by atoms with Gasteiger partial charge in [-0.25, -0.2) is 4.79 Å². The molecule has 7 heteroatoms. The number of anilines is 1. The lowest BCUT2D eigenvalue weighted by Crippen LogP contribution is -2.36. The van der Waals surface area contributed by atoms with E-state index in [1.54, 1.807) is 17.0 Å². The Balaban J connectivity index is 1.73. The van der Waals surface area contributed by atoms with Crippen LogP contribution in [0, 0.1) is 0 Å². The van der Waals surface area contributed by atoms with Crippen molar-refractivity contribution in [3.8, 4) is 11.5 Å². The predicted octanol–water partition coefficient (Wildman–Crippen LogP) is 4.49. The number of carbonyl (C=O) groups is 1. The fraction of sp³-hybridized carbons (Fsp3) is 0.316. The van der Waals surface area contributed by atoms with E-state index in [1.165, 1.54) is 13.2 Å². The molecule has 26 heavy (non-hydrogen) atoms. The number of carbonyl (C=O) groups excluding carboxylic acids is 1. The van der Waals surface area contributed by atoms with E-state index in [1.807, 2.05) is 30.3 Å². The summed E-state index contributed by atoms with van der Waals surface area (Å²) in [5.41, 5.74) is 1.50. The third-order valence-electron chi connectivity index (χ3n) is 4.07. The number of urea groups is 1. The maximum absolute atomic E-state index is 12.6. The zero-order valence-electron chi connectivity index (χ0n) is 14.3. The summed E-state index contributed by atoms with van der Waals surface area (Å²) in [5.74, 6) is 0.181. The van der Waals surface area contributed by atoms with E-state index in [0.717, 1.165) is 24.1 Å². The number of halogens is 2. The van der Waals surface area contributed by atoms with Crippen LogP contribution in [-0.2, 0) is 6.54 Å². The molecule has 1 N–H and O–H groups in total. The number of methoxy groups -OCH3 is 1. The monoisotopic (exact) mass is 362 g/mol. The van der Waals surface area contributed by atoms with Crippen LogP contribution in [0.25, 0.3) is 0 Å². The summed E-state index contributed by atoms with van der Waals surface area (Å²) in [5, 5.41) is 2.88. The summed E-state index contributed by atoms with van der Waals surface area (Å²) >= 11 is 0. The molecule has 0 radical (unpaired) electrons. The second kappa shape index (κ2) is 8.03. The maximum atomic E-state index is 12.6. The van der Waals surface area contributed by atoms with Crippen molar-refractivity contribution in [1.29, 1.82) is 0 Å². The minimum absolute atomic E-state index is 0.0297. The SMILES string of the molecule is COc1cc(CN(C(=O)Nc2ccccc2)C2CC2)ccc1OC(F)F. The van der Waals surface area contributed by atoms with Gasteiger partial charge in [-0.2, -0.15) is 8.78 Å². The van der Waals surface area contributed by atoms with Gasteiger partial charge in [-0.1, -0.05) is 24.3 Å². The number of nitrogens with one attached hydrogen (secondary N) is 1. The lowest BCUT2D eigenvalue weighted by atomic mass is 10.2. The van der Waals surface area contributed by atoms with Crippen molar-refractivity contribution in [2.24, 2.45) is 0 Å². The Hall–Kier alpha value is -2.83. The van der Waals surface area contributed by atoms with Crippen molar-refractivity contribution in [2.75, 3.05) is 12.4 Å². The average Bonchev–Trinajstić information content (AvgIpc) is 3.46. The molecule has 0 aliphatic heterocycles. The molecule has 3 rings (SSSR count). The van der Waals surface area contributed by atoms with Crippen LogP contribution in [0.3, 0.4) is 0 Å². The first-order valence-corrected chi connectivity index (χ1v) is 8.31. The molecule has 2 aromatic carbocycles. The first kappa shape index (κ1) is 18.0. The number of rotatable bonds is 7. The van der Waals surface area contributed by atoms with Crippen molar-refractivity contribution < 1.29 is 23.0 Å². The summed E-state index contributed by atoms with van der Waals surface area (Å²) < 4.78 is 34.4. The van der Waals surface area contributed by atoms with Crippen LogP contribution in [-0.4, -0.2) is 30.7 Å². The number of hydrogen-bond acceptors (Lipinski definition) is 3. The van der Waals surface area contributed by atoms with Crippen molar-refractivity contribution >= 4 is 11.7 Å². The van der Waals surface area contributed by atoms with Gasteiger partial charge in [0.05, 0.1) is 7.11 Å². The normalized spacial score (nSPS) is 13.4. The molecule has 2 amide bonds. The highest BCUT2D eigenvalue weighted by atomic mass is 19.3. The van der Waals surface area contributed by atoms with E-state index >= 15 is 0 Å². The minimum atomic E-state index is -2.92. The molecule has 138 valence electrons. The summed E-state index contributed by atoms with van der Waals surface area (Å²) in [6, 6.07) is 13.9. The molecule has 0 aromatic heterocycles. The molecule has 0 atom stereocenters. The molecule has 5 nitrogen and oxygen atoms in total. The molecule has 0 bridgehead atoms. The van der Waals surface area contributed by atoms with Crippen LogP contribution in [0.1, 0.15) is 18.4 Å². The third kappa shape index (κ3) is 4.62. The standard InChI is InChI=1S/C19H20F2N2O3/c1-25-17-11-13(7-10-16(17)26-18(20)21)12-23(15-8-9-15)19(24)22-14-5-3-2-4-6-14/h2-7,10-11,15,18H,8-9,12H2,1H3,(H,22,24). The van der Waals surface area contributed by atoms with E-state index < -0.39 is 6.61 Å².